The Morgan fingerprint density at radius 1 is 1.53 bits per heavy atom. The molecule has 1 aromatic rings. The van der Waals surface area contributed by atoms with Gasteiger partial charge in [0.15, 0.2) is 0 Å². The van der Waals surface area contributed by atoms with Crippen LogP contribution in [0.4, 0.5) is 5.82 Å². The smallest absolute Gasteiger partial charge is 0.232 e. The molecule has 0 saturated carbocycles. The number of nitrogens with one attached hydrogen (secondary N) is 2. The molecule has 1 unspecified atom stereocenters. The maximum Gasteiger partial charge on any atom is 0.232 e. The second kappa shape index (κ2) is 4.84. The van der Waals surface area contributed by atoms with Crippen LogP contribution in [0, 0.1) is 12.3 Å². The van der Waals surface area contributed by atoms with E-state index >= 15 is 0 Å². The molecule has 1 aliphatic rings. The standard InChI is InChI=1S/C13H19N3O/c1-10-5-3-6-11(15-10)16-12(17)13(2)7-4-8-14-9-13/h3,5-6,14H,4,7-9H2,1-2H3,(H,15,16,17). The molecule has 1 saturated heterocycles. The number of rotatable bonds is 2. The summed E-state index contributed by atoms with van der Waals surface area (Å²) in [5, 5.41) is 6.18. The van der Waals surface area contributed by atoms with Gasteiger partial charge in [-0.1, -0.05) is 6.07 Å². The van der Waals surface area contributed by atoms with Crippen LogP contribution in [0.3, 0.4) is 0 Å². The van der Waals surface area contributed by atoms with Gasteiger partial charge in [-0.25, -0.2) is 4.98 Å². The summed E-state index contributed by atoms with van der Waals surface area (Å²) in [6, 6.07) is 5.64. The molecule has 0 aromatic carbocycles. The van der Waals surface area contributed by atoms with E-state index in [0.29, 0.717) is 5.82 Å². The van der Waals surface area contributed by atoms with Crippen molar-refractivity contribution in [3.8, 4) is 0 Å². The maximum absolute atomic E-state index is 12.2. The Labute approximate surface area is 102 Å². The normalized spacial score (nSPS) is 24.4. The van der Waals surface area contributed by atoms with Gasteiger partial charge in [0.05, 0.1) is 5.41 Å². The molecule has 1 aliphatic heterocycles. The number of amides is 1. The zero-order valence-electron chi connectivity index (χ0n) is 10.4. The molecule has 4 heteroatoms. The van der Waals surface area contributed by atoms with Crippen molar-refractivity contribution in [2.45, 2.75) is 26.7 Å². The highest BCUT2D eigenvalue weighted by atomic mass is 16.2. The molecule has 2 heterocycles. The van der Waals surface area contributed by atoms with Crippen LogP contribution in [-0.2, 0) is 4.79 Å². The summed E-state index contributed by atoms with van der Waals surface area (Å²) in [7, 11) is 0. The van der Waals surface area contributed by atoms with Crippen LogP contribution in [0.15, 0.2) is 18.2 Å². The molecule has 0 aliphatic carbocycles. The Morgan fingerprint density at radius 2 is 2.35 bits per heavy atom. The van der Waals surface area contributed by atoms with Crippen LogP contribution in [0.5, 0.6) is 0 Å². The number of aromatic nitrogens is 1. The number of nitrogens with zero attached hydrogens (tertiary/aromatic N) is 1. The Hall–Kier alpha value is -1.42. The quantitative estimate of drug-likeness (QED) is 0.817. The van der Waals surface area contributed by atoms with Crippen LogP contribution < -0.4 is 10.6 Å². The molecule has 2 rings (SSSR count). The Morgan fingerprint density at radius 3 is 3.00 bits per heavy atom. The van der Waals surface area contributed by atoms with Crippen molar-refractivity contribution < 1.29 is 4.79 Å². The minimum Gasteiger partial charge on any atom is -0.316 e. The number of carbonyl (C=O) groups is 1. The third-order valence-electron chi connectivity index (χ3n) is 3.28. The van der Waals surface area contributed by atoms with Gasteiger partial charge in [-0.15, -0.1) is 0 Å². The summed E-state index contributed by atoms with van der Waals surface area (Å²) >= 11 is 0. The van der Waals surface area contributed by atoms with E-state index in [9.17, 15) is 4.79 Å². The first-order valence-corrected chi connectivity index (χ1v) is 6.06. The van der Waals surface area contributed by atoms with E-state index in [-0.39, 0.29) is 11.3 Å². The number of hydrogen-bond donors (Lipinski definition) is 2. The van der Waals surface area contributed by atoms with Gasteiger partial charge in [0.2, 0.25) is 5.91 Å². The third kappa shape index (κ3) is 2.82. The van der Waals surface area contributed by atoms with Crippen LogP contribution >= 0.6 is 0 Å². The third-order valence-corrected chi connectivity index (χ3v) is 3.28. The van der Waals surface area contributed by atoms with Crippen LogP contribution in [0.2, 0.25) is 0 Å². The SMILES string of the molecule is Cc1cccc(NC(=O)C2(C)CCCNC2)n1. The van der Waals surface area contributed by atoms with Crippen molar-refractivity contribution in [3.63, 3.8) is 0 Å². The van der Waals surface area contributed by atoms with Crippen molar-refractivity contribution in [2.24, 2.45) is 5.41 Å². The number of pyridine rings is 1. The molecule has 0 bridgehead atoms. The van der Waals surface area contributed by atoms with E-state index in [1.54, 1.807) is 0 Å². The molecule has 1 amide bonds. The summed E-state index contributed by atoms with van der Waals surface area (Å²) in [4.78, 5) is 16.5. The van der Waals surface area contributed by atoms with Gasteiger partial charge >= 0.3 is 0 Å². The maximum atomic E-state index is 12.2. The number of hydrogen-bond acceptors (Lipinski definition) is 3. The topological polar surface area (TPSA) is 54.0 Å². The first-order valence-electron chi connectivity index (χ1n) is 6.06. The summed E-state index contributed by atoms with van der Waals surface area (Å²) in [5.41, 5.74) is 0.596. The number of anilines is 1. The summed E-state index contributed by atoms with van der Waals surface area (Å²) < 4.78 is 0. The minimum absolute atomic E-state index is 0.0581. The molecule has 1 atom stereocenters. The predicted octanol–water partition coefficient (Wildman–Crippen LogP) is 1.72. The Balaban J connectivity index is 2.05. The summed E-state index contributed by atoms with van der Waals surface area (Å²) in [6.45, 7) is 5.67. The van der Waals surface area contributed by atoms with Gasteiger partial charge in [-0.3, -0.25) is 4.79 Å². The molecule has 1 fully saturated rings. The monoisotopic (exact) mass is 233 g/mol. The van der Waals surface area contributed by atoms with E-state index < -0.39 is 0 Å². The van der Waals surface area contributed by atoms with Crippen LogP contribution in [0.25, 0.3) is 0 Å². The lowest BCUT2D eigenvalue weighted by atomic mass is 9.82. The van der Waals surface area contributed by atoms with Gasteiger partial charge < -0.3 is 10.6 Å². The molecule has 0 radical (unpaired) electrons. The predicted molar refractivity (Wildman–Crippen MR) is 67.8 cm³/mol. The fourth-order valence-corrected chi connectivity index (χ4v) is 2.13. The van der Waals surface area contributed by atoms with Gasteiger partial charge in [-0.05, 0) is 45.4 Å². The highest BCUT2D eigenvalue weighted by molar-refractivity contribution is 5.94. The summed E-state index contributed by atoms with van der Waals surface area (Å²) in [5.74, 6) is 0.699. The summed E-state index contributed by atoms with van der Waals surface area (Å²) in [6.07, 6.45) is 1.98. The number of aryl methyl sites for hydroxylation is 1. The molecule has 1 aromatic heterocycles. The Kier molecular flexibility index (Phi) is 3.43. The first-order chi connectivity index (χ1) is 8.10. The average molecular weight is 233 g/mol. The lowest BCUT2D eigenvalue weighted by Gasteiger charge is -2.32. The molecule has 4 nitrogen and oxygen atoms in total. The van der Waals surface area contributed by atoms with Crippen molar-refractivity contribution in [1.82, 2.24) is 10.3 Å². The molecule has 92 valence electrons. The van der Waals surface area contributed by atoms with Crippen LogP contribution in [-0.4, -0.2) is 24.0 Å². The number of carbonyl (C=O) groups excluding carboxylic acids is 1. The first kappa shape index (κ1) is 12.0. The molecule has 17 heavy (non-hydrogen) atoms. The van der Waals surface area contributed by atoms with Gasteiger partial charge in [0, 0.05) is 12.2 Å². The highest BCUT2D eigenvalue weighted by Gasteiger charge is 2.34. The van der Waals surface area contributed by atoms with Gasteiger partial charge in [0.25, 0.3) is 0 Å². The van der Waals surface area contributed by atoms with Crippen molar-refractivity contribution in [3.05, 3.63) is 23.9 Å². The fraction of sp³-hybridized carbons (Fsp3) is 0.538. The molecular weight excluding hydrogens is 214 g/mol. The lowest BCUT2D eigenvalue weighted by Crippen LogP contribution is -2.46. The molecule has 0 spiro atoms. The number of piperidine rings is 1. The average Bonchev–Trinajstić information content (AvgIpc) is 2.30. The van der Waals surface area contributed by atoms with Crippen molar-refractivity contribution in [2.75, 3.05) is 18.4 Å². The van der Waals surface area contributed by atoms with Crippen molar-refractivity contribution >= 4 is 11.7 Å². The fourth-order valence-electron chi connectivity index (χ4n) is 2.13. The van der Waals surface area contributed by atoms with E-state index in [1.807, 2.05) is 32.0 Å². The zero-order valence-corrected chi connectivity index (χ0v) is 10.4. The minimum atomic E-state index is -0.316. The second-order valence-electron chi connectivity index (χ2n) is 4.96. The lowest BCUT2D eigenvalue weighted by molar-refractivity contribution is -0.125. The van der Waals surface area contributed by atoms with Crippen LogP contribution in [0.1, 0.15) is 25.5 Å². The molecular formula is C13H19N3O. The largest absolute Gasteiger partial charge is 0.316 e. The highest BCUT2D eigenvalue weighted by Crippen LogP contribution is 2.26. The van der Waals surface area contributed by atoms with Crippen molar-refractivity contribution in [1.29, 1.82) is 0 Å². The zero-order chi connectivity index (χ0) is 12.3. The van der Waals surface area contributed by atoms with E-state index in [4.69, 9.17) is 0 Å². The van der Waals surface area contributed by atoms with Gasteiger partial charge in [0.1, 0.15) is 5.82 Å². The molecule has 2 N–H and O–H groups in total. The van der Waals surface area contributed by atoms with Gasteiger partial charge in [-0.2, -0.15) is 0 Å². The van der Waals surface area contributed by atoms with E-state index in [2.05, 4.69) is 15.6 Å². The van der Waals surface area contributed by atoms with E-state index in [0.717, 1.165) is 31.6 Å². The second-order valence-corrected chi connectivity index (χ2v) is 4.96. The Bertz CT molecular complexity index is 411. The van der Waals surface area contributed by atoms with E-state index in [1.165, 1.54) is 0 Å².